The van der Waals surface area contributed by atoms with Crippen molar-refractivity contribution >= 4 is 5.97 Å². The summed E-state index contributed by atoms with van der Waals surface area (Å²) in [5.41, 5.74) is 1.61. The van der Waals surface area contributed by atoms with Crippen LogP contribution in [0.3, 0.4) is 0 Å². The molecule has 0 heterocycles. The van der Waals surface area contributed by atoms with Crippen LogP contribution in [0.2, 0.25) is 0 Å². The van der Waals surface area contributed by atoms with Crippen LogP contribution in [-0.4, -0.2) is 5.97 Å². The molecule has 2 nitrogen and oxygen atoms in total. The largest absolute Gasteiger partial charge is 0.423 e. The number of esters is 1. The smallest absolute Gasteiger partial charge is 0.343 e. The molecule has 0 amide bonds. The minimum atomic E-state index is -0.483. The summed E-state index contributed by atoms with van der Waals surface area (Å²) in [6.45, 7) is 2.04. The van der Waals surface area contributed by atoms with E-state index in [1.54, 1.807) is 18.2 Å². The van der Waals surface area contributed by atoms with Crippen LogP contribution >= 0.6 is 0 Å². The van der Waals surface area contributed by atoms with E-state index in [1.807, 2.05) is 19.1 Å². The maximum Gasteiger partial charge on any atom is 0.343 e. The van der Waals surface area contributed by atoms with Crippen molar-refractivity contribution in [3.05, 3.63) is 65.5 Å². The molecule has 0 aliphatic rings. The van der Waals surface area contributed by atoms with Crippen molar-refractivity contribution in [2.24, 2.45) is 0 Å². The summed E-state index contributed by atoms with van der Waals surface area (Å²) in [5.74, 6) is -0.704. The summed E-state index contributed by atoms with van der Waals surface area (Å²) in [7, 11) is 0. The first kappa shape index (κ1) is 12.3. The van der Waals surface area contributed by atoms with Gasteiger partial charge in [0.25, 0.3) is 0 Å². The van der Waals surface area contributed by atoms with E-state index < -0.39 is 11.8 Å². The monoisotopic (exact) mass is 244 g/mol. The van der Waals surface area contributed by atoms with Crippen molar-refractivity contribution in [1.29, 1.82) is 0 Å². The van der Waals surface area contributed by atoms with Crippen LogP contribution in [0, 0.1) is 5.82 Å². The molecule has 0 bridgehead atoms. The van der Waals surface area contributed by atoms with Gasteiger partial charge in [-0.15, -0.1) is 0 Å². The summed E-state index contributed by atoms with van der Waals surface area (Å²) in [6, 6.07) is 12.7. The fraction of sp³-hybridized carbons (Fsp3) is 0.133. The minimum Gasteiger partial charge on any atom is -0.423 e. The van der Waals surface area contributed by atoms with Gasteiger partial charge in [-0.3, -0.25) is 0 Å². The molecule has 92 valence electrons. The quantitative estimate of drug-likeness (QED) is 0.609. The number of rotatable bonds is 3. The minimum absolute atomic E-state index is 0.208. The highest BCUT2D eigenvalue weighted by molar-refractivity contribution is 5.91. The average molecular weight is 244 g/mol. The summed E-state index contributed by atoms with van der Waals surface area (Å²) in [5, 5.41) is 0. The molecular weight excluding hydrogens is 231 g/mol. The Kier molecular flexibility index (Phi) is 3.72. The fourth-order valence-electron chi connectivity index (χ4n) is 1.57. The molecule has 0 saturated carbocycles. The van der Waals surface area contributed by atoms with Gasteiger partial charge in [0.05, 0.1) is 5.56 Å². The number of aryl methyl sites for hydroxylation is 1. The van der Waals surface area contributed by atoms with Gasteiger partial charge in [-0.1, -0.05) is 25.1 Å². The molecule has 0 radical (unpaired) electrons. The number of hydrogen-bond acceptors (Lipinski definition) is 2. The molecular formula is C15H13FO2. The molecule has 18 heavy (non-hydrogen) atoms. The lowest BCUT2D eigenvalue weighted by molar-refractivity contribution is 0.0734. The third kappa shape index (κ3) is 2.94. The van der Waals surface area contributed by atoms with Crippen LogP contribution in [0.1, 0.15) is 22.8 Å². The van der Waals surface area contributed by atoms with Gasteiger partial charge in [-0.2, -0.15) is 0 Å². The Morgan fingerprint density at radius 2 is 1.89 bits per heavy atom. The van der Waals surface area contributed by atoms with Crippen molar-refractivity contribution in [3.8, 4) is 5.75 Å². The maximum atomic E-state index is 12.9. The summed E-state index contributed by atoms with van der Waals surface area (Å²) in [6.07, 6.45) is 0.916. The molecule has 3 heteroatoms. The molecule has 0 aliphatic heterocycles. The zero-order chi connectivity index (χ0) is 13.0. The molecule has 2 aromatic carbocycles. The van der Waals surface area contributed by atoms with Crippen LogP contribution in [0.4, 0.5) is 4.39 Å². The van der Waals surface area contributed by atoms with Crippen molar-refractivity contribution in [3.63, 3.8) is 0 Å². The fourth-order valence-corrected chi connectivity index (χ4v) is 1.57. The lowest BCUT2D eigenvalue weighted by atomic mass is 10.1. The van der Waals surface area contributed by atoms with Crippen molar-refractivity contribution in [2.45, 2.75) is 13.3 Å². The second kappa shape index (κ2) is 5.45. The topological polar surface area (TPSA) is 26.3 Å². The number of carbonyl (C=O) groups is 1. The number of carbonyl (C=O) groups excluding carboxylic acids is 1. The normalized spacial score (nSPS) is 10.1. The second-order valence-electron chi connectivity index (χ2n) is 3.90. The third-order valence-electron chi connectivity index (χ3n) is 2.60. The SMILES string of the molecule is CCc1ccc(C(=O)Oc2cccc(F)c2)cc1. The number of benzene rings is 2. The van der Waals surface area contributed by atoms with Crippen LogP contribution in [0.25, 0.3) is 0 Å². The van der Waals surface area contributed by atoms with Crippen molar-refractivity contribution in [1.82, 2.24) is 0 Å². The molecule has 0 unspecified atom stereocenters. The third-order valence-corrected chi connectivity index (χ3v) is 2.60. The number of halogens is 1. The Hall–Kier alpha value is -2.16. The first-order chi connectivity index (χ1) is 8.69. The van der Waals surface area contributed by atoms with Crippen molar-refractivity contribution < 1.29 is 13.9 Å². The first-order valence-corrected chi connectivity index (χ1v) is 5.75. The zero-order valence-corrected chi connectivity index (χ0v) is 10.0. The van der Waals surface area contributed by atoms with Gasteiger partial charge in [0.15, 0.2) is 0 Å². The van der Waals surface area contributed by atoms with E-state index >= 15 is 0 Å². The Labute approximate surface area is 105 Å². The predicted molar refractivity (Wildman–Crippen MR) is 67.2 cm³/mol. The Bertz CT molecular complexity index is 547. The van der Waals surface area contributed by atoms with Gasteiger partial charge >= 0.3 is 5.97 Å². The maximum absolute atomic E-state index is 12.9. The van der Waals surface area contributed by atoms with Crippen LogP contribution in [0.5, 0.6) is 5.75 Å². The van der Waals surface area contributed by atoms with E-state index in [0.717, 1.165) is 12.0 Å². The first-order valence-electron chi connectivity index (χ1n) is 5.75. The summed E-state index contributed by atoms with van der Waals surface area (Å²) >= 11 is 0. The van der Waals surface area contributed by atoms with Gasteiger partial charge in [0.1, 0.15) is 11.6 Å². The highest BCUT2D eigenvalue weighted by Crippen LogP contribution is 2.14. The van der Waals surface area contributed by atoms with E-state index in [4.69, 9.17) is 4.74 Å². The molecule has 0 fully saturated rings. The average Bonchev–Trinajstić information content (AvgIpc) is 2.39. The van der Waals surface area contributed by atoms with E-state index in [9.17, 15) is 9.18 Å². The standard InChI is InChI=1S/C15H13FO2/c1-2-11-6-8-12(9-7-11)15(17)18-14-5-3-4-13(16)10-14/h3-10H,2H2,1H3. The molecule has 0 aromatic heterocycles. The highest BCUT2D eigenvalue weighted by Gasteiger charge is 2.08. The summed E-state index contributed by atoms with van der Waals surface area (Å²) < 4.78 is 18.0. The highest BCUT2D eigenvalue weighted by atomic mass is 19.1. The van der Waals surface area contributed by atoms with Crippen LogP contribution < -0.4 is 4.74 Å². The molecule has 2 aromatic rings. The van der Waals surface area contributed by atoms with Crippen molar-refractivity contribution in [2.75, 3.05) is 0 Å². The molecule has 0 aliphatic carbocycles. The Balaban J connectivity index is 2.11. The molecule has 0 N–H and O–H groups in total. The molecule has 2 rings (SSSR count). The Morgan fingerprint density at radius 3 is 2.50 bits per heavy atom. The van der Waals surface area contributed by atoms with Gasteiger partial charge in [0.2, 0.25) is 0 Å². The van der Waals surface area contributed by atoms with Gasteiger partial charge in [-0.05, 0) is 36.2 Å². The molecule has 0 atom stereocenters. The van der Waals surface area contributed by atoms with Gasteiger partial charge in [-0.25, -0.2) is 9.18 Å². The predicted octanol–water partition coefficient (Wildman–Crippen LogP) is 3.61. The van der Waals surface area contributed by atoms with Gasteiger partial charge in [0, 0.05) is 6.07 Å². The summed E-state index contributed by atoms with van der Waals surface area (Å²) in [4.78, 5) is 11.8. The second-order valence-corrected chi connectivity index (χ2v) is 3.90. The number of ether oxygens (including phenoxy) is 1. The lowest BCUT2D eigenvalue weighted by Crippen LogP contribution is -2.08. The van der Waals surface area contributed by atoms with Crippen LogP contribution in [-0.2, 0) is 6.42 Å². The Morgan fingerprint density at radius 1 is 1.17 bits per heavy atom. The van der Waals surface area contributed by atoms with E-state index in [-0.39, 0.29) is 5.75 Å². The zero-order valence-electron chi connectivity index (χ0n) is 10.0. The molecule has 0 spiro atoms. The van der Waals surface area contributed by atoms with E-state index in [0.29, 0.717) is 5.56 Å². The number of hydrogen-bond donors (Lipinski definition) is 0. The van der Waals surface area contributed by atoms with Crippen LogP contribution in [0.15, 0.2) is 48.5 Å². The molecule has 0 saturated heterocycles. The van der Waals surface area contributed by atoms with E-state index in [1.165, 1.54) is 18.2 Å². The van der Waals surface area contributed by atoms with Gasteiger partial charge < -0.3 is 4.74 Å². The lowest BCUT2D eigenvalue weighted by Gasteiger charge is -2.04. The van der Waals surface area contributed by atoms with E-state index in [2.05, 4.69) is 0 Å².